The molecule has 0 spiro atoms. The Bertz CT molecular complexity index is 520. The van der Waals surface area contributed by atoms with E-state index in [-0.39, 0.29) is 0 Å². The van der Waals surface area contributed by atoms with Gasteiger partial charge in [0.1, 0.15) is 9.61 Å². The van der Waals surface area contributed by atoms with E-state index < -0.39 is 0 Å². The molecule has 2 aromatic rings. The number of benzene rings is 1. The molecule has 0 saturated heterocycles. The molecule has 1 aromatic heterocycles. The molecule has 0 atom stereocenters. The molecule has 84 valence electrons. The van der Waals surface area contributed by atoms with Crippen LogP contribution in [0.4, 0.5) is 0 Å². The van der Waals surface area contributed by atoms with Crippen LogP contribution in [-0.2, 0) is 6.54 Å². The standard InChI is InChI=1S/C12H13BrN2S/c1-7-3-4-9(8(2)5-7)12-15-11(13)10(6-14)16-12/h3-5H,6,14H2,1-2H3. The molecule has 0 amide bonds. The topological polar surface area (TPSA) is 38.9 Å². The summed E-state index contributed by atoms with van der Waals surface area (Å²) < 4.78 is 0.870. The van der Waals surface area contributed by atoms with Crippen molar-refractivity contribution in [1.82, 2.24) is 4.98 Å². The van der Waals surface area contributed by atoms with Crippen LogP contribution in [0, 0.1) is 13.8 Å². The van der Waals surface area contributed by atoms with Crippen molar-refractivity contribution < 1.29 is 0 Å². The lowest BCUT2D eigenvalue weighted by molar-refractivity contribution is 1.08. The monoisotopic (exact) mass is 296 g/mol. The molecule has 0 radical (unpaired) electrons. The SMILES string of the molecule is Cc1ccc(-c2nc(Br)c(CN)s2)c(C)c1. The summed E-state index contributed by atoms with van der Waals surface area (Å²) >= 11 is 5.08. The van der Waals surface area contributed by atoms with Gasteiger partial charge in [-0.3, -0.25) is 0 Å². The number of aromatic nitrogens is 1. The minimum absolute atomic E-state index is 0.531. The van der Waals surface area contributed by atoms with Gasteiger partial charge in [0.25, 0.3) is 0 Å². The lowest BCUT2D eigenvalue weighted by atomic mass is 10.1. The van der Waals surface area contributed by atoms with Crippen LogP contribution in [0.3, 0.4) is 0 Å². The molecule has 0 fully saturated rings. The van der Waals surface area contributed by atoms with Crippen LogP contribution in [0.1, 0.15) is 16.0 Å². The summed E-state index contributed by atoms with van der Waals surface area (Å²) in [6.45, 7) is 4.74. The van der Waals surface area contributed by atoms with Crippen molar-refractivity contribution in [3.8, 4) is 10.6 Å². The summed E-state index contributed by atoms with van der Waals surface area (Å²) in [5.41, 5.74) is 9.36. The normalized spacial score (nSPS) is 10.8. The summed E-state index contributed by atoms with van der Waals surface area (Å²) in [5, 5.41) is 1.03. The number of rotatable bonds is 2. The highest BCUT2D eigenvalue weighted by molar-refractivity contribution is 9.10. The number of hydrogen-bond acceptors (Lipinski definition) is 3. The number of hydrogen-bond donors (Lipinski definition) is 1. The van der Waals surface area contributed by atoms with E-state index in [9.17, 15) is 0 Å². The molecule has 0 unspecified atom stereocenters. The molecule has 4 heteroatoms. The number of halogens is 1. The zero-order chi connectivity index (χ0) is 11.7. The second-order valence-corrected chi connectivity index (χ2v) is 5.59. The third kappa shape index (κ3) is 2.19. The smallest absolute Gasteiger partial charge is 0.125 e. The van der Waals surface area contributed by atoms with E-state index in [1.165, 1.54) is 16.7 Å². The highest BCUT2D eigenvalue weighted by Crippen LogP contribution is 2.32. The van der Waals surface area contributed by atoms with Crippen molar-refractivity contribution in [3.05, 3.63) is 38.8 Å². The maximum absolute atomic E-state index is 5.64. The maximum atomic E-state index is 5.64. The highest BCUT2D eigenvalue weighted by Gasteiger charge is 2.10. The number of nitrogens with zero attached hydrogens (tertiary/aromatic N) is 1. The van der Waals surface area contributed by atoms with E-state index in [1.807, 2.05) is 0 Å². The average molecular weight is 297 g/mol. The number of aryl methyl sites for hydroxylation is 2. The van der Waals surface area contributed by atoms with E-state index >= 15 is 0 Å². The zero-order valence-electron chi connectivity index (χ0n) is 9.25. The van der Waals surface area contributed by atoms with E-state index in [4.69, 9.17) is 5.73 Å². The van der Waals surface area contributed by atoms with Gasteiger partial charge in [-0.25, -0.2) is 4.98 Å². The fourth-order valence-corrected chi connectivity index (χ4v) is 3.25. The lowest BCUT2D eigenvalue weighted by Crippen LogP contribution is -1.92. The van der Waals surface area contributed by atoms with Gasteiger partial charge in [0.2, 0.25) is 0 Å². The first kappa shape index (κ1) is 11.8. The zero-order valence-corrected chi connectivity index (χ0v) is 11.7. The molecule has 2 nitrogen and oxygen atoms in total. The van der Waals surface area contributed by atoms with Gasteiger partial charge in [0.15, 0.2) is 0 Å². The highest BCUT2D eigenvalue weighted by atomic mass is 79.9. The van der Waals surface area contributed by atoms with E-state index in [2.05, 4.69) is 53.0 Å². The van der Waals surface area contributed by atoms with E-state index in [0.29, 0.717) is 6.54 Å². The Balaban J connectivity index is 2.50. The molecular weight excluding hydrogens is 284 g/mol. The Morgan fingerprint density at radius 3 is 2.69 bits per heavy atom. The molecule has 1 heterocycles. The molecule has 2 N–H and O–H groups in total. The van der Waals surface area contributed by atoms with E-state index in [0.717, 1.165) is 14.5 Å². The fraction of sp³-hybridized carbons (Fsp3) is 0.250. The van der Waals surface area contributed by atoms with Crippen molar-refractivity contribution in [1.29, 1.82) is 0 Å². The Morgan fingerprint density at radius 1 is 1.38 bits per heavy atom. The first-order valence-corrected chi connectivity index (χ1v) is 6.65. The van der Waals surface area contributed by atoms with Gasteiger partial charge in [-0.1, -0.05) is 23.8 Å². The van der Waals surface area contributed by atoms with Crippen LogP contribution in [0.25, 0.3) is 10.6 Å². The molecule has 0 bridgehead atoms. The van der Waals surface area contributed by atoms with Crippen molar-refractivity contribution in [2.75, 3.05) is 0 Å². The molecule has 2 rings (SSSR count). The third-order valence-electron chi connectivity index (χ3n) is 2.45. The first-order chi connectivity index (χ1) is 7.61. The summed E-state index contributed by atoms with van der Waals surface area (Å²) in [4.78, 5) is 5.59. The van der Waals surface area contributed by atoms with Gasteiger partial charge in [-0.2, -0.15) is 0 Å². The molecule has 0 aliphatic carbocycles. The Morgan fingerprint density at radius 2 is 2.12 bits per heavy atom. The van der Waals surface area contributed by atoms with Crippen molar-refractivity contribution in [2.24, 2.45) is 5.73 Å². The van der Waals surface area contributed by atoms with Crippen LogP contribution in [0.15, 0.2) is 22.8 Å². The lowest BCUT2D eigenvalue weighted by Gasteiger charge is -2.02. The van der Waals surface area contributed by atoms with Gasteiger partial charge in [0.05, 0.1) is 4.88 Å². The van der Waals surface area contributed by atoms with Gasteiger partial charge >= 0.3 is 0 Å². The van der Waals surface area contributed by atoms with Gasteiger partial charge in [-0.15, -0.1) is 11.3 Å². The van der Waals surface area contributed by atoms with Crippen LogP contribution in [0.2, 0.25) is 0 Å². The summed E-state index contributed by atoms with van der Waals surface area (Å²) in [7, 11) is 0. The maximum Gasteiger partial charge on any atom is 0.125 e. The summed E-state index contributed by atoms with van der Waals surface area (Å²) in [6.07, 6.45) is 0. The van der Waals surface area contributed by atoms with Crippen molar-refractivity contribution in [2.45, 2.75) is 20.4 Å². The summed E-state index contributed by atoms with van der Waals surface area (Å²) in [5.74, 6) is 0. The molecule has 1 aromatic carbocycles. The Kier molecular flexibility index (Phi) is 3.42. The molecule has 0 aliphatic rings. The van der Waals surface area contributed by atoms with Crippen LogP contribution in [0.5, 0.6) is 0 Å². The Hall–Kier alpha value is -0.710. The first-order valence-electron chi connectivity index (χ1n) is 5.04. The number of thiazole rings is 1. The minimum atomic E-state index is 0.531. The van der Waals surface area contributed by atoms with Crippen LogP contribution >= 0.6 is 27.3 Å². The molecule has 0 saturated carbocycles. The average Bonchev–Trinajstić information content (AvgIpc) is 2.59. The molecule has 0 aliphatic heterocycles. The predicted molar refractivity (Wildman–Crippen MR) is 72.6 cm³/mol. The second-order valence-electron chi connectivity index (χ2n) is 3.76. The number of nitrogens with two attached hydrogens (primary N) is 1. The fourth-order valence-electron chi connectivity index (χ4n) is 1.63. The quantitative estimate of drug-likeness (QED) is 0.919. The van der Waals surface area contributed by atoms with E-state index in [1.54, 1.807) is 11.3 Å². The molecule has 16 heavy (non-hydrogen) atoms. The van der Waals surface area contributed by atoms with Gasteiger partial charge in [0, 0.05) is 12.1 Å². The second kappa shape index (κ2) is 4.65. The van der Waals surface area contributed by atoms with Gasteiger partial charge < -0.3 is 5.73 Å². The predicted octanol–water partition coefficient (Wildman–Crippen LogP) is 3.65. The minimum Gasteiger partial charge on any atom is -0.326 e. The summed E-state index contributed by atoms with van der Waals surface area (Å²) in [6, 6.07) is 6.41. The van der Waals surface area contributed by atoms with Crippen molar-refractivity contribution in [3.63, 3.8) is 0 Å². The van der Waals surface area contributed by atoms with Crippen molar-refractivity contribution >= 4 is 27.3 Å². The largest absolute Gasteiger partial charge is 0.326 e. The third-order valence-corrected chi connectivity index (χ3v) is 4.48. The van der Waals surface area contributed by atoms with Crippen LogP contribution in [-0.4, -0.2) is 4.98 Å². The van der Waals surface area contributed by atoms with Crippen LogP contribution < -0.4 is 5.73 Å². The Labute approximate surface area is 108 Å². The molecular formula is C12H13BrN2S. The van der Waals surface area contributed by atoms with Gasteiger partial charge in [-0.05, 0) is 35.3 Å².